The van der Waals surface area contributed by atoms with Crippen LogP contribution in [0.2, 0.25) is 0 Å². The van der Waals surface area contributed by atoms with E-state index in [-0.39, 0.29) is 17.6 Å². The minimum atomic E-state index is -0.137. The van der Waals surface area contributed by atoms with Crippen LogP contribution in [0.25, 0.3) is 0 Å². The molecule has 1 aliphatic heterocycles. The molecule has 0 spiro atoms. The van der Waals surface area contributed by atoms with Gasteiger partial charge in [0.25, 0.3) is 5.89 Å². The number of morpholine rings is 1. The molecular weight excluding hydrogens is 246 g/mol. The standard InChI is InChI=1S/C13H23N3O3/c1-9(2)12-15-11(19-16-12)7-17-6-10-5-14-8-13(3,4)18-10/h9-10,14H,5-8H2,1-4H3. The first-order valence-corrected chi connectivity index (χ1v) is 6.75. The second-order valence-electron chi connectivity index (χ2n) is 5.85. The third-order valence-corrected chi connectivity index (χ3v) is 2.94. The van der Waals surface area contributed by atoms with Gasteiger partial charge < -0.3 is 19.3 Å². The van der Waals surface area contributed by atoms with Crippen molar-refractivity contribution in [2.75, 3.05) is 19.7 Å². The van der Waals surface area contributed by atoms with Gasteiger partial charge in [0.15, 0.2) is 5.82 Å². The minimum absolute atomic E-state index is 0.0660. The lowest BCUT2D eigenvalue weighted by molar-refractivity contribution is -0.123. The minimum Gasteiger partial charge on any atom is -0.369 e. The third-order valence-electron chi connectivity index (χ3n) is 2.94. The van der Waals surface area contributed by atoms with E-state index in [1.165, 1.54) is 0 Å². The molecular formula is C13H23N3O3. The van der Waals surface area contributed by atoms with Crippen molar-refractivity contribution in [1.29, 1.82) is 0 Å². The molecule has 1 aromatic heterocycles. The van der Waals surface area contributed by atoms with Crippen molar-refractivity contribution in [2.24, 2.45) is 0 Å². The van der Waals surface area contributed by atoms with Gasteiger partial charge in [0.2, 0.25) is 0 Å². The summed E-state index contributed by atoms with van der Waals surface area (Å²) in [6.45, 7) is 10.7. The summed E-state index contributed by atoms with van der Waals surface area (Å²) >= 11 is 0. The fraction of sp³-hybridized carbons (Fsp3) is 0.846. The van der Waals surface area contributed by atoms with E-state index in [1.807, 2.05) is 13.8 Å². The maximum atomic E-state index is 5.90. The largest absolute Gasteiger partial charge is 0.369 e. The van der Waals surface area contributed by atoms with Crippen molar-refractivity contribution >= 4 is 0 Å². The Morgan fingerprint density at radius 2 is 2.26 bits per heavy atom. The second-order valence-corrected chi connectivity index (χ2v) is 5.85. The second kappa shape index (κ2) is 5.98. The van der Waals surface area contributed by atoms with Crippen molar-refractivity contribution in [1.82, 2.24) is 15.5 Å². The molecule has 6 nitrogen and oxygen atoms in total. The van der Waals surface area contributed by atoms with Crippen LogP contribution in [0.4, 0.5) is 0 Å². The lowest BCUT2D eigenvalue weighted by Gasteiger charge is -2.36. The first kappa shape index (κ1) is 14.4. The Balaban J connectivity index is 1.74. The fourth-order valence-corrected chi connectivity index (χ4v) is 2.00. The molecule has 0 amide bonds. The summed E-state index contributed by atoms with van der Waals surface area (Å²) in [4.78, 5) is 4.26. The summed E-state index contributed by atoms with van der Waals surface area (Å²) < 4.78 is 16.6. The molecule has 1 aromatic rings. The summed E-state index contributed by atoms with van der Waals surface area (Å²) in [5.41, 5.74) is -0.137. The van der Waals surface area contributed by atoms with E-state index < -0.39 is 0 Å². The Morgan fingerprint density at radius 1 is 1.47 bits per heavy atom. The van der Waals surface area contributed by atoms with Crippen molar-refractivity contribution in [2.45, 2.75) is 51.9 Å². The molecule has 19 heavy (non-hydrogen) atoms. The molecule has 1 N–H and O–H groups in total. The van der Waals surface area contributed by atoms with Gasteiger partial charge in [-0.05, 0) is 13.8 Å². The third kappa shape index (κ3) is 4.26. The van der Waals surface area contributed by atoms with Crippen LogP contribution in [0.1, 0.15) is 45.3 Å². The molecule has 0 radical (unpaired) electrons. The van der Waals surface area contributed by atoms with Gasteiger partial charge in [0, 0.05) is 19.0 Å². The molecule has 1 unspecified atom stereocenters. The maximum Gasteiger partial charge on any atom is 0.252 e. The zero-order valence-electron chi connectivity index (χ0n) is 12.1. The molecule has 1 saturated heterocycles. The average molecular weight is 269 g/mol. The molecule has 0 aliphatic carbocycles. The van der Waals surface area contributed by atoms with Crippen molar-refractivity contribution < 1.29 is 14.0 Å². The number of rotatable bonds is 5. The highest BCUT2D eigenvalue weighted by Crippen LogP contribution is 2.16. The maximum absolute atomic E-state index is 5.90. The number of hydrogen-bond acceptors (Lipinski definition) is 6. The van der Waals surface area contributed by atoms with Gasteiger partial charge in [0.1, 0.15) is 6.61 Å². The number of ether oxygens (including phenoxy) is 2. The summed E-state index contributed by atoms with van der Waals surface area (Å²) in [6.07, 6.45) is 0.0660. The fourth-order valence-electron chi connectivity index (χ4n) is 2.00. The Labute approximate surface area is 113 Å². The molecule has 2 rings (SSSR count). The monoisotopic (exact) mass is 269 g/mol. The average Bonchev–Trinajstić information content (AvgIpc) is 2.76. The first-order chi connectivity index (χ1) is 8.96. The van der Waals surface area contributed by atoms with Crippen LogP contribution < -0.4 is 5.32 Å². The highest BCUT2D eigenvalue weighted by atomic mass is 16.6. The molecule has 0 saturated carbocycles. The van der Waals surface area contributed by atoms with E-state index in [2.05, 4.69) is 29.3 Å². The number of aromatic nitrogens is 2. The van der Waals surface area contributed by atoms with Crippen molar-refractivity contribution in [3.63, 3.8) is 0 Å². The Morgan fingerprint density at radius 3 is 2.89 bits per heavy atom. The summed E-state index contributed by atoms with van der Waals surface area (Å²) in [7, 11) is 0. The van der Waals surface area contributed by atoms with Gasteiger partial charge in [-0.15, -0.1) is 0 Å². The molecule has 1 atom stereocenters. The van der Waals surface area contributed by atoms with Crippen LogP contribution in [-0.2, 0) is 16.1 Å². The van der Waals surface area contributed by atoms with E-state index in [9.17, 15) is 0 Å². The Kier molecular flexibility index (Phi) is 4.54. The van der Waals surface area contributed by atoms with Crippen molar-refractivity contribution in [3.8, 4) is 0 Å². The van der Waals surface area contributed by atoms with Crippen LogP contribution in [0.3, 0.4) is 0 Å². The first-order valence-electron chi connectivity index (χ1n) is 6.75. The smallest absolute Gasteiger partial charge is 0.252 e. The molecule has 0 bridgehead atoms. The molecule has 2 heterocycles. The van der Waals surface area contributed by atoms with Gasteiger partial charge in [0.05, 0.1) is 18.3 Å². The zero-order valence-corrected chi connectivity index (χ0v) is 12.1. The summed E-state index contributed by atoms with van der Waals surface area (Å²) in [6, 6.07) is 0. The molecule has 1 fully saturated rings. The molecule has 1 aliphatic rings. The summed E-state index contributed by atoms with van der Waals surface area (Å²) in [5.74, 6) is 1.51. The Hall–Kier alpha value is -0.980. The van der Waals surface area contributed by atoms with E-state index in [0.717, 1.165) is 18.9 Å². The van der Waals surface area contributed by atoms with E-state index >= 15 is 0 Å². The molecule has 0 aromatic carbocycles. The molecule has 108 valence electrons. The normalized spacial score (nSPS) is 22.9. The van der Waals surface area contributed by atoms with Gasteiger partial charge >= 0.3 is 0 Å². The predicted octanol–water partition coefficient (Wildman–Crippen LogP) is 1.48. The highest BCUT2D eigenvalue weighted by Gasteiger charge is 2.28. The lowest BCUT2D eigenvalue weighted by atomic mass is 10.1. The highest BCUT2D eigenvalue weighted by molar-refractivity contribution is 4.90. The number of nitrogens with one attached hydrogen (secondary N) is 1. The predicted molar refractivity (Wildman–Crippen MR) is 69.9 cm³/mol. The number of hydrogen-bond donors (Lipinski definition) is 1. The SMILES string of the molecule is CC(C)c1noc(COCC2CNCC(C)(C)O2)n1. The van der Waals surface area contributed by atoms with E-state index in [4.69, 9.17) is 14.0 Å². The van der Waals surface area contributed by atoms with Crippen LogP contribution in [0.5, 0.6) is 0 Å². The van der Waals surface area contributed by atoms with E-state index in [1.54, 1.807) is 0 Å². The van der Waals surface area contributed by atoms with Gasteiger partial charge in [-0.3, -0.25) is 0 Å². The topological polar surface area (TPSA) is 69.4 Å². The lowest BCUT2D eigenvalue weighted by Crippen LogP contribution is -2.51. The van der Waals surface area contributed by atoms with Gasteiger partial charge in [-0.25, -0.2) is 0 Å². The van der Waals surface area contributed by atoms with Crippen molar-refractivity contribution in [3.05, 3.63) is 11.7 Å². The number of nitrogens with zero attached hydrogens (tertiary/aromatic N) is 2. The van der Waals surface area contributed by atoms with Crippen LogP contribution in [0, 0.1) is 0 Å². The van der Waals surface area contributed by atoms with Crippen LogP contribution in [-0.4, -0.2) is 41.5 Å². The summed E-state index contributed by atoms with van der Waals surface area (Å²) in [5, 5.41) is 7.23. The Bertz CT molecular complexity index is 404. The van der Waals surface area contributed by atoms with Gasteiger partial charge in [-0.1, -0.05) is 19.0 Å². The zero-order chi connectivity index (χ0) is 13.9. The van der Waals surface area contributed by atoms with Crippen LogP contribution >= 0.6 is 0 Å². The van der Waals surface area contributed by atoms with Gasteiger partial charge in [-0.2, -0.15) is 4.98 Å². The quantitative estimate of drug-likeness (QED) is 0.873. The molecule has 6 heteroatoms. The van der Waals surface area contributed by atoms with Crippen LogP contribution in [0.15, 0.2) is 4.52 Å². The van der Waals surface area contributed by atoms with E-state index in [0.29, 0.717) is 19.1 Å².